The van der Waals surface area contributed by atoms with Crippen LogP contribution >= 0.6 is 0 Å². The lowest BCUT2D eigenvalue weighted by Gasteiger charge is -2.50. The highest BCUT2D eigenvalue weighted by molar-refractivity contribution is 5.94. The van der Waals surface area contributed by atoms with Gasteiger partial charge in [-0.15, -0.1) is 0 Å². The number of amides is 1. The summed E-state index contributed by atoms with van der Waals surface area (Å²) in [7, 11) is 1.82. The van der Waals surface area contributed by atoms with Crippen molar-refractivity contribution in [3.8, 4) is 0 Å². The number of aromatic amines is 1. The summed E-state index contributed by atoms with van der Waals surface area (Å²) in [6.45, 7) is 5.92. The molecule has 1 saturated heterocycles. The van der Waals surface area contributed by atoms with Gasteiger partial charge in [0.25, 0.3) is 5.91 Å². The molecule has 4 heterocycles. The van der Waals surface area contributed by atoms with E-state index in [2.05, 4.69) is 27.1 Å². The predicted molar refractivity (Wildman–Crippen MR) is 109 cm³/mol. The highest BCUT2D eigenvalue weighted by Gasteiger charge is 2.46. The van der Waals surface area contributed by atoms with Crippen LogP contribution in [0.15, 0.2) is 24.7 Å². The van der Waals surface area contributed by atoms with Crippen molar-refractivity contribution in [3.63, 3.8) is 0 Å². The van der Waals surface area contributed by atoms with Gasteiger partial charge in [-0.3, -0.25) is 9.69 Å². The van der Waals surface area contributed by atoms with Crippen LogP contribution in [-0.2, 0) is 12.0 Å². The monoisotopic (exact) mass is 382 g/mol. The maximum Gasteiger partial charge on any atom is 0.254 e. The lowest BCUT2D eigenvalue weighted by atomic mass is 9.78. The van der Waals surface area contributed by atoms with Gasteiger partial charge in [-0.25, -0.2) is 9.97 Å². The average molecular weight is 383 g/mol. The molecule has 1 amide bonds. The van der Waals surface area contributed by atoms with Gasteiger partial charge in [-0.1, -0.05) is 13.3 Å². The topological polar surface area (TPSA) is 77.2 Å². The van der Waals surface area contributed by atoms with E-state index in [1.807, 2.05) is 24.3 Å². The number of fused-ring (bicyclic) bond motifs is 2. The van der Waals surface area contributed by atoms with Gasteiger partial charge in [0, 0.05) is 50.6 Å². The van der Waals surface area contributed by atoms with Crippen LogP contribution in [0.1, 0.15) is 54.4 Å². The number of aromatic nitrogens is 3. The van der Waals surface area contributed by atoms with E-state index < -0.39 is 0 Å². The molecule has 0 bridgehead atoms. The van der Waals surface area contributed by atoms with Crippen molar-refractivity contribution in [1.29, 1.82) is 0 Å². The lowest BCUT2D eigenvalue weighted by Crippen LogP contribution is -2.57. The maximum atomic E-state index is 13.0. The normalized spacial score (nSPS) is 18.9. The Bertz CT molecular complexity index is 824. The van der Waals surface area contributed by atoms with Crippen molar-refractivity contribution < 1.29 is 4.79 Å². The number of hydrogen-bond acceptors (Lipinski definition) is 5. The summed E-state index contributed by atoms with van der Waals surface area (Å²) in [6.07, 6.45) is 8.83. The number of imidazole rings is 1. The first kappa shape index (κ1) is 18.9. The van der Waals surface area contributed by atoms with Gasteiger partial charge in [0.2, 0.25) is 0 Å². The van der Waals surface area contributed by atoms with E-state index in [-0.39, 0.29) is 11.4 Å². The molecule has 0 saturated carbocycles. The van der Waals surface area contributed by atoms with E-state index >= 15 is 0 Å². The van der Waals surface area contributed by atoms with Gasteiger partial charge < -0.3 is 15.2 Å². The number of rotatable bonds is 5. The molecule has 150 valence electrons. The maximum absolute atomic E-state index is 13.0. The van der Waals surface area contributed by atoms with Crippen LogP contribution in [0.4, 0.5) is 5.82 Å². The largest absolute Gasteiger partial charge is 0.373 e. The third kappa shape index (κ3) is 3.28. The highest BCUT2D eigenvalue weighted by atomic mass is 16.2. The molecule has 2 aliphatic heterocycles. The average Bonchev–Trinajstić information content (AvgIpc) is 3.23. The minimum Gasteiger partial charge on any atom is -0.373 e. The van der Waals surface area contributed by atoms with E-state index in [1.165, 1.54) is 24.2 Å². The number of carbonyl (C=O) groups excluding carboxylic acids is 1. The second-order valence-corrected chi connectivity index (χ2v) is 7.82. The van der Waals surface area contributed by atoms with Crippen molar-refractivity contribution in [3.05, 3.63) is 41.6 Å². The fourth-order valence-corrected chi connectivity index (χ4v) is 4.71. The molecule has 2 aromatic heterocycles. The van der Waals surface area contributed by atoms with Gasteiger partial charge in [0.05, 0.1) is 17.6 Å². The minimum atomic E-state index is -0.0338. The number of H-pyrrole nitrogens is 1. The molecule has 0 aliphatic carbocycles. The van der Waals surface area contributed by atoms with E-state index in [4.69, 9.17) is 4.98 Å². The van der Waals surface area contributed by atoms with Crippen molar-refractivity contribution in [1.82, 2.24) is 24.8 Å². The van der Waals surface area contributed by atoms with Gasteiger partial charge in [-0.05, 0) is 37.9 Å². The number of nitrogens with zero attached hydrogens (tertiary/aromatic N) is 4. The number of carbonyl (C=O) groups is 1. The molecule has 0 radical (unpaired) electrons. The van der Waals surface area contributed by atoms with Gasteiger partial charge in [-0.2, -0.15) is 0 Å². The van der Waals surface area contributed by atoms with Crippen molar-refractivity contribution in [2.45, 2.75) is 44.6 Å². The number of hydrogen-bond donors (Lipinski definition) is 2. The Kier molecular flexibility index (Phi) is 5.35. The highest BCUT2D eigenvalue weighted by Crippen LogP contribution is 2.42. The zero-order valence-corrected chi connectivity index (χ0v) is 16.9. The number of likely N-dealkylation sites (tertiary alicyclic amines) is 1. The number of unbranched alkanes of at least 4 members (excludes halogenated alkanes) is 1. The van der Waals surface area contributed by atoms with E-state index in [9.17, 15) is 4.79 Å². The minimum absolute atomic E-state index is 0.0338. The van der Waals surface area contributed by atoms with Gasteiger partial charge in [0.1, 0.15) is 5.82 Å². The van der Waals surface area contributed by atoms with E-state index in [1.54, 1.807) is 12.3 Å². The summed E-state index contributed by atoms with van der Waals surface area (Å²) < 4.78 is 0. The molecular weight excluding hydrogens is 352 g/mol. The number of nitrogens with one attached hydrogen (secondary N) is 2. The summed E-state index contributed by atoms with van der Waals surface area (Å²) in [5.41, 5.74) is 3.15. The third-order valence-corrected chi connectivity index (χ3v) is 6.32. The lowest BCUT2D eigenvalue weighted by molar-refractivity contribution is 0.00631. The van der Waals surface area contributed by atoms with Crippen LogP contribution in [0, 0.1) is 0 Å². The first-order chi connectivity index (χ1) is 13.7. The summed E-state index contributed by atoms with van der Waals surface area (Å²) in [5.74, 6) is 0.811. The molecule has 2 N–H and O–H groups in total. The Hall–Kier alpha value is -2.41. The molecule has 7 nitrogen and oxygen atoms in total. The second kappa shape index (κ2) is 7.91. The summed E-state index contributed by atoms with van der Waals surface area (Å²) in [4.78, 5) is 29.9. The van der Waals surface area contributed by atoms with Crippen molar-refractivity contribution in [2.24, 2.45) is 0 Å². The molecule has 0 unspecified atom stereocenters. The second-order valence-electron chi connectivity index (χ2n) is 7.82. The van der Waals surface area contributed by atoms with Crippen LogP contribution < -0.4 is 5.32 Å². The molecule has 2 aliphatic rings. The fraction of sp³-hybridized carbons (Fsp3) is 0.571. The Balaban J connectivity index is 1.53. The van der Waals surface area contributed by atoms with E-state index in [0.29, 0.717) is 5.56 Å². The molecule has 28 heavy (non-hydrogen) atoms. The number of piperidine rings is 1. The fourth-order valence-electron chi connectivity index (χ4n) is 4.71. The standard InChI is InChI=1S/C21H30N6O/c1-3-4-10-27-11-6-17-19(25-15-24-17)21(27)7-12-26(13-8-21)20(28)16-5-9-23-18(14-16)22-2/h5,9,14-15H,3-4,6-8,10-13H2,1-2H3,(H,22,23)(H,24,25). The van der Waals surface area contributed by atoms with Crippen LogP contribution in [0.2, 0.25) is 0 Å². The smallest absolute Gasteiger partial charge is 0.254 e. The number of anilines is 1. The van der Waals surface area contributed by atoms with Crippen LogP contribution in [0.25, 0.3) is 0 Å². The third-order valence-electron chi connectivity index (χ3n) is 6.32. The first-order valence-corrected chi connectivity index (χ1v) is 10.4. The molecule has 1 spiro atoms. The summed E-state index contributed by atoms with van der Waals surface area (Å²) >= 11 is 0. The van der Waals surface area contributed by atoms with Crippen LogP contribution in [0.3, 0.4) is 0 Å². The van der Waals surface area contributed by atoms with Crippen molar-refractivity contribution >= 4 is 11.7 Å². The summed E-state index contributed by atoms with van der Waals surface area (Å²) in [5, 5.41) is 3.00. The SMILES string of the molecule is CCCCN1CCc2[nH]cnc2C12CCN(C(=O)c1ccnc(NC)c1)CC2. The number of pyridine rings is 1. The molecule has 2 aromatic rings. The zero-order chi connectivity index (χ0) is 19.6. The Morgan fingerprint density at radius 3 is 2.86 bits per heavy atom. The molecule has 1 fully saturated rings. The van der Waals surface area contributed by atoms with Crippen molar-refractivity contribution in [2.75, 3.05) is 38.5 Å². The van der Waals surface area contributed by atoms with Gasteiger partial charge >= 0.3 is 0 Å². The quantitative estimate of drug-likeness (QED) is 0.831. The predicted octanol–water partition coefficient (Wildman–Crippen LogP) is 2.64. The molecule has 7 heteroatoms. The van der Waals surface area contributed by atoms with Gasteiger partial charge in [0.15, 0.2) is 0 Å². The summed E-state index contributed by atoms with van der Waals surface area (Å²) in [6, 6.07) is 3.63. The van der Waals surface area contributed by atoms with E-state index in [0.717, 1.165) is 51.3 Å². The zero-order valence-electron chi connectivity index (χ0n) is 16.9. The van der Waals surface area contributed by atoms with Crippen LogP contribution in [0.5, 0.6) is 0 Å². The molecule has 4 rings (SSSR count). The first-order valence-electron chi connectivity index (χ1n) is 10.4. The Morgan fingerprint density at radius 2 is 2.11 bits per heavy atom. The molecule has 0 atom stereocenters. The Morgan fingerprint density at radius 1 is 1.29 bits per heavy atom. The molecular formula is C21H30N6O. The Labute approximate surface area is 166 Å². The molecule has 0 aromatic carbocycles. The van der Waals surface area contributed by atoms with Crippen LogP contribution in [-0.4, -0.2) is 63.9 Å².